The quantitative estimate of drug-likeness (QED) is 0.620. The summed E-state index contributed by atoms with van der Waals surface area (Å²) in [6.45, 7) is 2.37. The number of ether oxygens (including phenoxy) is 1. The Morgan fingerprint density at radius 1 is 1.33 bits per heavy atom. The fourth-order valence-electron chi connectivity index (χ4n) is 1.91. The molecule has 0 bridgehead atoms. The monoisotopic (exact) mass is 352 g/mol. The Morgan fingerprint density at radius 3 is 2.81 bits per heavy atom. The third-order valence-corrected chi connectivity index (χ3v) is 3.86. The van der Waals surface area contributed by atoms with Crippen LogP contribution in [0.3, 0.4) is 0 Å². The normalized spacial score (nSPS) is 10.6. The van der Waals surface area contributed by atoms with E-state index in [0.29, 0.717) is 16.7 Å². The molecule has 0 spiro atoms. The maximum absolute atomic E-state index is 12.0. The number of H-pyrrole nitrogens is 1. The standard InChI is InChI=1S/C15H17BrN2O3/c1-2-3-8-17-12(19)9-21-15(20)14-13(16)10-6-4-5-7-11(10)18-14/h4-7,18H,2-3,8-9H2,1H3,(H,17,19). The number of rotatable bonds is 6. The number of benzene rings is 1. The van der Waals surface area contributed by atoms with Crippen LogP contribution in [-0.4, -0.2) is 30.0 Å². The van der Waals surface area contributed by atoms with Gasteiger partial charge in [0.05, 0.1) is 4.47 Å². The number of unbranched alkanes of at least 4 members (excludes halogenated alkanes) is 1. The van der Waals surface area contributed by atoms with Gasteiger partial charge in [-0.2, -0.15) is 0 Å². The van der Waals surface area contributed by atoms with Crippen molar-refractivity contribution in [3.05, 3.63) is 34.4 Å². The number of esters is 1. The van der Waals surface area contributed by atoms with Gasteiger partial charge in [0.15, 0.2) is 6.61 Å². The number of halogens is 1. The summed E-state index contributed by atoms with van der Waals surface area (Å²) in [5, 5.41) is 3.59. The van der Waals surface area contributed by atoms with E-state index in [1.165, 1.54) is 0 Å². The summed E-state index contributed by atoms with van der Waals surface area (Å²) in [7, 11) is 0. The van der Waals surface area contributed by atoms with Crippen LogP contribution < -0.4 is 5.32 Å². The molecule has 21 heavy (non-hydrogen) atoms. The predicted octanol–water partition coefficient (Wildman–Crippen LogP) is 3.00. The van der Waals surface area contributed by atoms with Crippen LogP contribution >= 0.6 is 15.9 Å². The van der Waals surface area contributed by atoms with Crippen molar-refractivity contribution in [1.29, 1.82) is 0 Å². The lowest BCUT2D eigenvalue weighted by Crippen LogP contribution is -2.29. The molecule has 2 rings (SSSR count). The highest BCUT2D eigenvalue weighted by molar-refractivity contribution is 9.10. The molecule has 0 radical (unpaired) electrons. The molecule has 0 saturated heterocycles. The van der Waals surface area contributed by atoms with E-state index in [-0.39, 0.29) is 12.5 Å². The van der Waals surface area contributed by atoms with Crippen molar-refractivity contribution in [1.82, 2.24) is 10.3 Å². The largest absolute Gasteiger partial charge is 0.451 e. The van der Waals surface area contributed by atoms with Crippen LogP contribution in [0.2, 0.25) is 0 Å². The highest BCUT2D eigenvalue weighted by Crippen LogP contribution is 2.27. The number of para-hydroxylation sites is 1. The smallest absolute Gasteiger partial charge is 0.356 e. The minimum atomic E-state index is -0.552. The predicted molar refractivity (Wildman–Crippen MR) is 84.2 cm³/mol. The van der Waals surface area contributed by atoms with Crippen LogP contribution in [0.25, 0.3) is 10.9 Å². The highest BCUT2D eigenvalue weighted by atomic mass is 79.9. The van der Waals surface area contributed by atoms with Crippen molar-refractivity contribution in [2.45, 2.75) is 19.8 Å². The number of fused-ring (bicyclic) bond motifs is 1. The van der Waals surface area contributed by atoms with Gasteiger partial charge in [0.25, 0.3) is 5.91 Å². The lowest BCUT2D eigenvalue weighted by atomic mass is 10.2. The third kappa shape index (κ3) is 3.85. The summed E-state index contributed by atoms with van der Waals surface area (Å²) in [4.78, 5) is 26.5. The molecule has 6 heteroatoms. The van der Waals surface area contributed by atoms with E-state index >= 15 is 0 Å². The Bertz CT molecular complexity index is 651. The minimum absolute atomic E-state index is 0.273. The Hall–Kier alpha value is -1.82. The minimum Gasteiger partial charge on any atom is -0.451 e. The maximum atomic E-state index is 12.0. The van der Waals surface area contributed by atoms with Crippen molar-refractivity contribution in [3.63, 3.8) is 0 Å². The Labute approximate surface area is 131 Å². The molecule has 1 amide bonds. The Balaban J connectivity index is 1.96. The van der Waals surface area contributed by atoms with E-state index in [1.807, 2.05) is 31.2 Å². The van der Waals surface area contributed by atoms with Crippen LogP contribution in [0.4, 0.5) is 0 Å². The van der Waals surface area contributed by atoms with Gasteiger partial charge >= 0.3 is 5.97 Å². The first-order valence-electron chi connectivity index (χ1n) is 6.83. The highest BCUT2D eigenvalue weighted by Gasteiger charge is 2.18. The molecule has 1 aromatic carbocycles. The zero-order valence-electron chi connectivity index (χ0n) is 11.7. The number of carbonyl (C=O) groups excluding carboxylic acids is 2. The Kier molecular flexibility index (Phi) is 5.38. The summed E-state index contributed by atoms with van der Waals surface area (Å²) in [5.74, 6) is -0.840. The molecule has 0 atom stereocenters. The molecular formula is C15H17BrN2O3. The van der Waals surface area contributed by atoms with Crippen LogP contribution in [0, 0.1) is 0 Å². The number of hydrogen-bond acceptors (Lipinski definition) is 3. The van der Waals surface area contributed by atoms with E-state index in [1.54, 1.807) is 0 Å². The first-order valence-corrected chi connectivity index (χ1v) is 7.62. The summed E-state index contributed by atoms with van der Waals surface area (Å²) in [5.41, 5.74) is 1.15. The van der Waals surface area contributed by atoms with Crippen molar-refractivity contribution < 1.29 is 14.3 Å². The molecule has 2 aromatic rings. The topological polar surface area (TPSA) is 71.2 Å². The lowest BCUT2D eigenvalue weighted by molar-refractivity contribution is -0.124. The number of carbonyl (C=O) groups is 2. The molecule has 0 fully saturated rings. The number of aromatic nitrogens is 1. The van der Waals surface area contributed by atoms with Crippen molar-refractivity contribution in [2.24, 2.45) is 0 Å². The first kappa shape index (κ1) is 15.6. The summed E-state index contributed by atoms with van der Waals surface area (Å²) in [6, 6.07) is 7.53. The van der Waals surface area contributed by atoms with Gasteiger partial charge in [0.2, 0.25) is 0 Å². The van der Waals surface area contributed by atoms with Crippen LogP contribution in [-0.2, 0) is 9.53 Å². The van der Waals surface area contributed by atoms with E-state index < -0.39 is 5.97 Å². The zero-order valence-corrected chi connectivity index (χ0v) is 13.3. The van der Waals surface area contributed by atoms with Gasteiger partial charge in [-0.3, -0.25) is 4.79 Å². The number of aromatic amines is 1. The van der Waals surface area contributed by atoms with Crippen LogP contribution in [0.5, 0.6) is 0 Å². The second-order valence-corrected chi connectivity index (χ2v) is 5.43. The maximum Gasteiger partial charge on any atom is 0.356 e. The molecule has 112 valence electrons. The average Bonchev–Trinajstić information content (AvgIpc) is 2.83. The molecule has 0 saturated carbocycles. The van der Waals surface area contributed by atoms with Gasteiger partial charge in [-0.05, 0) is 28.4 Å². The number of amides is 1. The van der Waals surface area contributed by atoms with E-state index in [4.69, 9.17) is 4.74 Å². The molecule has 2 N–H and O–H groups in total. The molecule has 0 aliphatic rings. The second kappa shape index (κ2) is 7.26. The molecule has 0 aliphatic carbocycles. The van der Waals surface area contributed by atoms with Gasteiger partial charge in [0, 0.05) is 17.4 Å². The van der Waals surface area contributed by atoms with Gasteiger partial charge < -0.3 is 15.0 Å². The van der Waals surface area contributed by atoms with Crippen molar-refractivity contribution in [3.8, 4) is 0 Å². The van der Waals surface area contributed by atoms with E-state index in [0.717, 1.165) is 23.7 Å². The number of hydrogen-bond donors (Lipinski definition) is 2. The van der Waals surface area contributed by atoms with Crippen LogP contribution in [0.1, 0.15) is 30.3 Å². The van der Waals surface area contributed by atoms with Gasteiger partial charge in [-0.15, -0.1) is 0 Å². The second-order valence-electron chi connectivity index (χ2n) is 4.64. The summed E-state index contributed by atoms with van der Waals surface area (Å²) < 4.78 is 5.67. The summed E-state index contributed by atoms with van der Waals surface area (Å²) >= 11 is 3.38. The lowest BCUT2D eigenvalue weighted by Gasteiger charge is -2.05. The molecular weight excluding hydrogens is 336 g/mol. The Morgan fingerprint density at radius 2 is 2.10 bits per heavy atom. The molecule has 0 unspecified atom stereocenters. The third-order valence-electron chi connectivity index (χ3n) is 3.03. The van der Waals surface area contributed by atoms with Crippen molar-refractivity contribution in [2.75, 3.05) is 13.2 Å². The average molecular weight is 353 g/mol. The fourth-order valence-corrected chi connectivity index (χ4v) is 2.51. The fraction of sp³-hybridized carbons (Fsp3) is 0.333. The number of nitrogens with one attached hydrogen (secondary N) is 2. The summed E-state index contributed by atoms with van der Waals surface area (Å²) in [6.07, 6.45) is 1.91. The van der Waals surface area contributed by atoms with E-state index in [2.05, 4.69) is 26.2 Å². The molecule has 1 aromatic heterocycles. The molecule has 1 heterocycles. The SMILES string of the molecule is CCCCNC(=O)COC(=O)c1[nH]c2ccccc2c1Br. The van der Waals surface area contributed by atoms with Gasteiger partial charge in [0.1, 0.15) is 5.69 Å². The van der Waals surface area contributed by atoms with Gasteiger partial charge in [-0.1, -0.05) is 31.5 Å². The zero-order chi connectivity index (χ0) is 15.2. The van der Waals surface area contributed by atoms with Crippen molar-refractivity contribution >= 4 is 38.7 Å². The molecule has 0 aliphatic heterocycles. The molecule has 5 nitrogen and oxygen atoms in total. The van der Waals surface area contributed by atoms with Crippen LogP contribution in [0.15, 0.2) is 28.7 Å². The van der Waals surface area contributed by atoms with E-state index in [9.17, 15) is 9.59 Å². The first-order chi connectivity index (χ1) is 10.1. The van der Waals surface area contributed by atoms with Gasteiger partial charge in [-0.25, -0.2) is 4.79 Å².